The third-order valence-electron chi connectivity index (χ3n) is 8.88. The van der Waals surface area contributed by atoms with Gasteiger partial charge in [0.25, 0.3) is 0 Å². The van der Waals surface area contributed by atoms with Crippen LogP contribution in [0.3, 0.4) is 0 Å². The van der Waals surface area contributed by atoms with E-state index in [1.807, 2.05) is 74.5 Å². The number of carbonyl (C=O) groups is 2. The molecule has 244 valence electrons. The summed E-state index contributed by atoms with van der Waals surface area (Å²) in [4.78, 5) is 37.7. The summed E-state index contributed by atoms with van der Waals surface area (Å²) in [5, 5.41) is 0. The SMILES string of the molecule is COc1ccc(C2CC(=O)C3C(=Nc4ccccc4N(C(=O)OCC(C)C)C3c3ccc(N(C(C)C)C(C)C)cc3OC)C2)cc1. The lowest BCUT2D eigenvalue weighted by Crippen LogP contribution is -2.46. The van der Waals surface area contributed by atoms with Crippen LogP contribution < -0.4 is 19.3 Å². The summed E-state index contributed by atoms with van der Waals surface area (Å²) in [7, 11) is 3.28. The van der Waals surface area contributed by atoms with Crippen LogP contribution in [-0.4, -0.2) is 50.5 Å². The predicted octanol–water partition coefficient (Wildman–Crippen LogP) is 8.52. The predicted molar refractivity (Wildman–Crippen MR) is 184 cm³/mol. The van der Waals surface area contributed by atoms with Gasteiger partial charge in [0.1, 0.15) is 17.3 Å². The molecule has 8 nitrogen and oxygen atoms in total. The molecule has 0 radical (unpaired) electrons. The molecule has 0 spiro atoms. The number of nitrogens with zero attached hydrogens (tertiary/aromatic N) is 3. The lowest BCUT2D eigenvalue weighted by Gasteiger charge is -2.39. The molecule has 1 heterocycles. The van der Waals surface area contributed by atoms with Crippen LogP contribution in [0, 0.1) is 11.8 Å². The van der Waals surface area contributed by atoms with Gasteiger partial charge in [0.05, 0.1) is 44.2 Å². The molecule has 46 heavy (non-hydrogen) atoms. The van der Waals surface area contributed by atoms with Gasteiger partial charge in [-0.15, -0.1) is 0 Å². The van der Waals surface area contributed by atoms with Crippen LogP contribution in [0.1, 0.15) is 77.5 Å². The van der Waals surface area contributed by atoms with E-state index in [0.29, 0.717) is 30.0 Å². The first-order valence-electron chi connectivity index (χ1n) is 16.3. The first-order chi connectivity index (χ1) is 22.0. The van der Waals surface area contributed by atoms with Gasteiger partial charge >= 0.3 is 6.09 Å². The zero-order chi connectivity index (χ0) is 33.1. The molecule has 0 saturated heterocycles. The molecule has 3 unspecified atom stereocenters. The van der Waals surface area contributed by atoms with E-state index in [0.717, 1.165) is 28.3 Å². The van der Waals surface area contributed by atoms with E-state index >= 15 is 0 Å². The second-order valence-corrected chi connectivity index (χ2v) is 13.2. The second-order valence-electron chi connectivity index (χ2n) is 13.2. The van der Waals surface area contributed by atoms with Crippen molar-refractivity contribution in [2.24, 2.45) is 16.8 Å². The monoisotopic (exact) mass is 625 g/mol. The number of fused-ring (bicyclic) bond motifs is 2. The zero-order valence-corrected chi connectivity index (χ0v) is 28.3. The van der Waals surface area contributed by atoms with Crippen molar-refractivity contribution in [2.45, 2.75) is 78.4 Å². The summed E-state index contributed by atoms with van der Waals surface area (Å²) in [5.41, 5.74) is 4.81. The molecular formula is C38H47N3O5. The molecule has 3 aromatic rings. The number of methoxy groups -OCH3 is 2. The fourth-order valence-electron chi connectivity index (χ4n) is 6.94. The van der Waals surface area contributed by atoms with E-state index in [-0.39, 0.29) is 36.3 Å². The molecule has 0 aromatic heterocycles. The molecule has 2 aliphatic rings. The minimum atomic E-state index is -0.720. The highest BCUT2D eigenvalue weighted by atomic mass is 16.6. The normalized spacial score (nSPS) is 19.4. The lowest BCUT2D eigenvalue weighted by atomic mass is 9.72. The van der Waals surface area contributed by atoms with Gasteiger partial charge in [0.15, 0.2) is 0 Å². The molecule has 0 bridgehead atoms. The van der Waals surface area contributed by atoms with Gasteiger partial charge < -0.3 is 19.1 Å². The number of para-hydroxylation sites is 2. The van der Waals surface area contributed by atoms with Crippen molar-refractivity contribution in [3.8, 4) is 11.5 Å². The molecule has 1 amide bonds. The number of anilines is 2. The molecule has 3 atom stereocenters. The van der Waals surface area contributed by atoms with E-state index in [2.05, 4.69) is 38.7 Å². The topological polar surface area (TPSA) is 80.7 Å². The summed E-state index contributed by atoms with van der Waals surface area (Å²) in [6, 6.07) is 21.4. The second kappa shape index (κ2) is 14.0. The van der Waals surface area contributed by atoms with Crippen LogP contribution in [0.25, 0.3) is 0 Å². The Hall–Kier alpha value is -4.33. The number of hydrogen-bond donors (Lipinski definition) is 0. The van der Waals surface area contributed by atoms with E-state index in [9.17, 15) is 9.59 Å². The largest absolute Gasteiger partial charge is 0.497 e. The average molecular weight is 626 g/mol. The highest BCUT2D eigenvalue weighted by Gasteiger charge is 2.47. The maximum Gasteiger partial charge on any atom is 0.414 e. The number of hydrogen-bond acceptors (Lipinski definition) is 7. The highest BCUT2D eigenvalue weighted by Crippen LogP contribution is 2.49. The number of rotatable bonds is 9. The Morgan fingerprint density at radius 3 is 2.24 bits per heavy atom. The number of ketones is 1. The van der Waals surface area contributed by atoms with Crippen molar-refractivity contribution in [1.82, 2.24) is 0 Å². The summed E-state index contributed by atoms with van der Waals surface area (Å²) in [5.74, 6) is 0.825. The van der Waals surface area contributed by atoms with Gasteiger partial charge in [-0.05, 0) is 81.8 Å². The van der Waals surface area contributed by atoms with Crippen molar-refractivity contribution < 1.29 is 23.8 Å². The van der Waals surface area contributed by atoms with Crippen LogP contribution in [0.2, 0.25) is 0 Å². The summed E-state index contributed by atoms with van der Waals surface area (Å²) in [6.07, 6.45) is 0.397. The van der Waals surface area contributed by atoms with Crippen molar-refractivity contribution >= 4 is 34.7 Å². The number of amides is 1. The molecule has 8 heteroatoms. The van der Waals surface area contributed by atoms with E-state index in [1.54, 1.807) is 19.1 Å². The Kier molecular flexibility index (Phi) is 10.0. The van der Waals surface area contributed by atoms with Gasteiger partial charge in [-0.25, -0.2) is 4.79 Å². The minimum absolute atomic E-state index is 0.0300. The lowest BCUT2D eigenvalue weighted by molar-refractivity contribution is -0.122. The summed E-state index contributed by atoms with van der Waals surface area (Å²) >= 11 is 0. The number of benzene rings is 3. The van der Waals surface area contributed by atoms with Crippen molar-refractivity contribution in [1.29, 1.82) is 0 Å². The van der Waals surface area contributed by atoms with Crippen LogP contribution in [0.15, 0.2) is 71.7 Å². The summed E-state index contributed by atoms with van der Waals surface area (Å²) in [6.45, 7) is 12.9. The first kappa shape index (κ1) is 33.0. The standard InChI is InChI=1S/C38H47N3O5/c1-23(2)22-46-38(43)41-33-12-10-9-11-31(33)39-32-19-27(26-13-16-29(44-7)17-14-26)20-34(42)36(32)37(41)30-18-15-28(21-35(30)45-8)40(24(3)4)25(5)6/h9-18,21,23-25,27,36-37H,19-20,22H2,1-8H3. The molecular weight excluding hydrogens is 578 g/mol. The molecule has 1 aliphatic carbocycles. The Labute approximate surface area is 273 Å². The number of carbonyl (C=O) groups excluding carboxylic acids is 2. The molecule has 1 aliphatic heterocycles. The van der Waals surface area contributed by atoms with E-state index < -0.39 is 18.1 Å². The smallest absolute Gasteiger partial charge is 0.414 e. The molecule has 1 fully saturated rings. The number of aliphatic imine (C=N–C) groups is 1. The van der Waals surface area contributed by atoms with Crippen molar-refractivity contribution in [3.63, 3.8) is 0 Å². The third kappa shape index (κ3) is 6.62. The molecule has 5 rings (SSSR count). The maximum atomic E-state index is 14.5. The van der Waals surface area contributed by atoms with Gasteiger partial charge in [0, 0.05) is 41.5 Å². The number of ether oxygens (including phenoxy) is 3. The van der Waals surface area contributed by atoms with Crippen molar-refractivity contribution in [2.75, 3.05) is 30.6 Å². The Morgan fingerprint density at radius 2 is 1.61 bits per heavy atom. The third-order valence-corrected chi connectivity index (χ3v) is 8.88. The Balaban J connectivity index is 1.68. The zero-order valence-electron chi connectivity index (χ0n) is 28.3. The van der Waals surface area contributed by atoms with E-state index in [4.69, 9.17) is 19.2 Å². The first-order valence-corrected chi connectivity index (χ1v) is 16.3. The fourth-order valence-corrected chi connectivity index (χ4v) is 6.94. The molecule has 1 saturated carbocycles. The Bertz CT molecular complexity index is 1570. The van der Waals surface area contributed by atoms with Crippen LogP contribution >= 0.6 is 0 Å². The van der Waals surface area contributed by atoms with Gasteiger partial charge in [0.2, 0.25) is 0 Å². The van der Waals surface area contributed by atoms with Crippen LogP contribution in [0.5, 0.6) is 11.5 Å². The molecule has 3 aromatic carbocycles. The minimum Gasteiger partial charge on any atom is -0.497 e. The summed E-state index contributed by atoms with van der Waals surface area (Å²) < 4.78 is 17.3. The number of Topliss-reactive ketones (excluding diaryl/α,β-unsaturated/α-hetero) is 1. The van der Waals surface area contributed by atoms with Crippen LogP contribution in [-0.2, 0) is 9.53 Å². The fraction of sp³-hybridized carbons (Fsp3) is 0.447. The average Bonchev–Trinajstić information content (AvgIpc) is 3.18. The quantitative estimate of drug-likeness (QED) is 0.237. The van der Waals surface area contributed by atoms with Crippen molar-refractivity contribution in [3.05, 3.63) is 77.9 Å². The van der Waals surface area contributed by atoms with Gasteiger partial charge in [-0.1, -0.05) is 44.2 Å². The van der Waals surface area contributed by atoms with E-state index in [1.165, 1.54) is 0 Å². The molecule has 0 N–H and O–H groups in total. The Morgan fingerprint density at radius 1 is 0.913 bits per heavy atom. The van der Waals surface area contributed by atoms with Gasteiger partial charge in [-0.3, -0.25) is 14.7 Å². The van der Waals surface area contributed by atoms with Crippen LogP contribution in [0.4, 0.5) is 21.9 Å². The highest BCUT2D eigenvalue weighted by molar-refractivity contribution is 6.12. The maximum absolute atomic E-state index is 14.5. The van der Waals surface area contributed by atoms with Gasteiger partial charge in [-0.2, -0.15) is 0 Å².